The van der Waals surface area contributed by atoms with Crippen LogP contribution in [0.2, 0.25) is 0 Å². The highest BCUT2D eigenvalue weighted by atomic mass is 15.1. The second kappa shape index (κ2) is 7.24. The van der Waals surface area contributed by atoms with Crippen LogP contribution in [0.5, 0.6) is 0 Å². The molecule has 1 fully saturated rings. The maximum atomic E-state index is 3.63. The fourth-order valence-electron chi connectivity index (χ4n) is 2.57. The fraction of sp³-hybridized carbons (Fsp3) is 1.00. The summed E-state index contributed by atoms with van der Waals surface area (Å²) in [5.74, 6) is 1.73. The number of likely N-dealkylation sites (tertiary alicyclic amines) is 1. The third-order valence-electron chi connectivity index (χ3n) is 3.43. The lowest BCUT2D eigenvalue weighted by Gasteiger charge is -2.30. The minimum atomic E-state index is 0.844. The van der Waals surface area contributed by atoms with Crippen molar-refractivity contribution in [2.45, 2.75) is 39.5 Å². The number of rotatable bonds is 6. The van der Waals surface area contributed by atoms with Gasteiger partial charge in [0.25, 0.3) is 0 Å². The highest BCUT2D eigenvalue weighted by Gasteiger charge is 2.16. The van der Waals surface area contributed by atoms with Gasteiger partial charge in [-0.05, 0) is 57.8 Å². The Morgan fingerprint density at radius 3 is 2.93 bits per heavy atom. The summed E-state index contributed by atoms with van der Waals surface area (Å²) >= 11 is 0. The molecule has 0 aromatic carbocycles. The van der Waals surface area contributed by atoms with E-state index in [9.17, 15) is 0 Å². The minimum absolute atomic E-state index is 0.844. The summed E-state index contributed by atoms with van der Waals surface area (Å²) in [4.78, 5) is 2.46. The molecule has 0 saturated carbocycles. The topological polar surface area (TPSA) is 15.3 Å². The lowest BCUT2D eigenvalue weighted by molar-refractivity contribution is 0.205. The van der Waals surface area contributed by atoms with Crippen molar-refractivity contribution < 1.29 is 0 Å². The van der Waals surface area contributed by atoms with Crippen LogP contribution in [0.4, 0.5) is 0 Å². The van der Waals surface area contributed by atoms with E-state index in [0.717, 1.165) is 11.8 Å². The Hall–Kier alpha value is -0.0800. The van der Waals surface area contributed by atoms with Crippen LogP contribution in [0, 0.1) is 11.8 Å². The van der Waals surface area contributed by atoms with E-state index >= 15 is 0 Å². The molecule has 90 valence electrons. The minimum Gasteiger partial charge on any atom is -0.316 e. The van der Waals surface area contributed by atoms with E-state index in [-0.39, 0.29) is 0 Å². The molecule has 1 heterocycles. The maximum absolute atomic E-state index is 3.63. The van der Waals surface area contributed by atoms with Crippen LogP contribution in [0.1, 0.15) is 39.5 Å². The smallest absolute Gasteiger partial charge is 0.00187 e. The quantitative estimate of drug-likeness (QED) is 0.727. The van der Waals surface area contributed by atoms with Crippen molar-refractivity contribution >= 4 is 0 Å². The summed E-state index contributed by atoms with van der Waals surface area (Å²) in [6.07, 6.45) is 5.47. The van der Waals surface area contributed by atoms with Gasteiger partial charge in [0.15, 0.2) is 0 Å². The molecular weight excluding hydrogens is 184 g/mol. The molecule has 1 N–H and O–H groups in total. The van der Waals surface area contributed by atoms with E-state index in [4.69, 9.17) is 0 Å². The van der Waals surface area contributed by atoms with E-state index in [1.54, 1.807) is 0 Å². The lowest BCUT2D eigenvalue weighted by atomic mass is 9.98. The van der Waals surface area contributed by atoms with Crippen molar-refractivity contribution in [2.75, 3.05) is 33.2 Å². The zero-order chi connectivity index (χ0) is 11.1. The SMILES string of the molecule is CCCC(C)CNCC1CCCN(C)C1. The van der Waals surface area contributed by atoms with Crippen molar-refractivity contribution in [1.82, 2.24) is 10.2 Å². The molecule has 1 saturated heterocycles. The summed E-state index contributed by atoms with van der Waals surface area (Å²) in [5.41, 5.74) is 0. The van der Waals surface area contributed by atoms with E-state index in [1.165, 1.54) is 51.9 Å². The number of nitrogens with one attached hydrogen (secondary N) is 1. The second-order valence-electron chi connectivity index (χ2n) is 5.32. The molecule has 0 aromatic heterocycles. The fourth-order valence-corrected chi connectivity index (χ4v) is 2.57. The van der Waals surface area contributed by atoms with Crippen LogP contribution >= 0.6 is 0 Å². The van der Waals surface area contributed by atoms with Gasteiger partial charge in [-0.1, -0.05) is 20.3 Å². The summed E-state index contributed by atoms with van der Waals surface area (Å²) in [6, 6.07) is 0. The van der Waals surface area contributed by atoms with Crippen LogP contribution in [-0.4, -0.2) is 38.1 Å². The van der Waals surface area contributed by atoms with Crippen LogP contribution in [0.15, 0.2) is 0 Å². The van der Waals surface area contributed by atoms with Gasteiger partial charge in [0.2, 0.25) is 0 Å². The number of nitrogens with zero attached hydrogens (tertiary/aromatic N) is 1. The number of piperidine rings is 1. The van der Waals surface area contributed by atoms with E-state index < -0.39 is 0 Å². The Balaban J connectivity index is 2.03. The maximum Gasteiger partial charge on any atom is 0.00187 e. The predicted octanol–water partition coefficient (Wildman–Crippen LogP) is 2.35. The van der Waals surface area contributed by atoms with Crippen molar-refractivity contribution in [2.24, 2.45) is 11.8 Å². The lowest BCUT2D eigenvalue weighted by Crippen LogP contribution is -2.38. The average Bonchev–Trinajstić information content (AvgIpc) is 2.18. The third kappa shape index (κ3) is 5.53. The van der Waals surface area contributed by atoms with Gasteiger partial charge in [0.05, 0.1) is 0 Å². The normalized spacial score (nSPS) is 25.4. The standard InChI is InChI=1S/C13H28N2/c1-4-6-12(2)9-14-10-13-7-5-8-15(3)11-13/h12-14H,4-11H2,1-3H3. The second-order valence-corrected chi connectivity index (χ2v) is 5.32. The molecule has 2 nitrogen and oxygen atoms in total. The molecule has 1 rings (SSSR count). The molecule has 2 atom stereocenters. The van der Waals surface area contributed by atoms with E-state index in [0.29, 0.717) is 0 Å². The van der Waals surface area contributed by atoms with Gasteiger partial charge >= 0.3 is 0 Å². The first-order valence-corrected chi connectivity index (χ1v) is 6.61. The summed E-state index contributed by atoms with van der Waals surface area (Å²) in [6.45, 7) is 9.63. The highest BCUT2D eigenvalue weighted by molar-refractivity contribution is 4.72. The van der Waals surface area contributed by atoms with Crippen LogP contribution in [-0.2, 0) is 0 Å². The van der Waals surface area contributed by atoms with Gasteiger partial charge in [0, 0.05) is 6.54 Å². The Morgan fingerprint density at radius 1 is 1.47 bits per heavy atom. The molecule has 0 amide bonds. The molecule has 1 aliphatic rings. The monoisotopic (exact) mass is 212 g/mol. The van der Waals surface area contributed by atoms with E-state index in [2.05, 4.69) is 31.1 Å². The molecule has 15 heavy (non-hydrogen) atoms. The van der Waals surface area contributed by atoms with Gasteiger partial charge in [-0.15, -0.1) is 0 Å². The van der Waals surface area contributed by atoms with Gasteiger partial charge < -0.3 is 10.2 Å². The van der Waals surface area contributed by atoms with Crippen molar-refractivity contribution in [3.05, 3.63) is 0 Å². The first kappa shape index (κ1) is 13.0. The molecule has 0 spiro atoms. The summed E-state index contributed by atoms with van der Waals surface area (Å²) in [5, 5.41) is 3.63. The Labute approximate surface area is 95.4 Å². The molecule has 2 unspecified atom stereocenters. The Morgan fingerprint density at radius 2 is 2.27 bits per heavy atom. The first-order valence-electron chi connectivity index (χ1n) is 6.61. The average molecular weight is 212 g/mol. The van der Waals surface area contributed by atoms with Crippen molar-refractivity contribution in [1.29, 1.82) is 0 Å². The Kier molecular flexibility index (Phi) is 6.26. The molecule has 0 bridgehead atoms. The Bertz CT molecular complexity index is 159. The molecule has 0 aliphatic carbocycles. The van der Waals surface area contributed by atoms with Gasteiger partial charge in [-0.25, -0.2) is 0 Å². The van der Waals surface area contributed by atoms with Gasteiger partial charge in [0.1, 0.15) is 0 Å². The summed E-state index contributed by atoms with van der Waals surface area (Å²) < 4.78 is 0. The summed E-state index contributed by atoms with van der Waals surface area (Å²) in [7, 11) is 2.24. The van der Waals surface area contributed by atoms with Crippen molar-refractivity contribution in [3.63, 3.8) is 0 Å². The van der Waals surface area contributed by atoms with Crippen LogP contribution in [0.25, 0.3) is 0 Å². The number of hydrogen-bond donors (Lipinski definition) is 1. The first-order chi connectivity index (χ1) is 7.22. The van der Waals surface area contributed by atoms with Crippen molar-refractivity contribution in [3.8, 4) is 0 Å². The third-order valence-corrected chi connectivity index (χ3v) is 3.43. The van der Waals surface area contributed by atoms with Gasteiger partial charge in [-0.3, -0.25) is 0 Å². The number of hydrogen-bond acceptors (Lipinski definition) is 2. The highest BCUT2D eigenvalue weighted by Crippen LogP contribution is 2.14. The van der Waals surface area contributed by atoms with Gasteiger partial charge in [-0.2, -0.15) is 0 Å². The molecule has 1 aliphatic heterocycles. The largest absolute Gasteiger partial charge is 0.316 e. The zero-order valence-electron chi connectivity index (χ0n) is 10.8. The molecule has 2 heteroatoms. The molecular formula is C13H28N2. The predicted molar refractivity (Wildman–Crippen MR) is 67.2 cm³/mol. The van der Waals surface area contributed by atoms with Crippen LogP contribution < -0.4 is 5.32 Å². The van der Waals surface area contributed by atoms with E-state index in [1.807, 2.05) is 0 Å². The zero-order valence-corrected chi connectivity index (χ0v) is 10.8. The molecule has 0 radical (unpaired) electrons. The van der Waals surface area contributed by atoms with Crippen LogP contribution in [0.3, 0.4) is 0 Å². The molecule has 0 aromatic rings.